The Balaban J connectivity index is 2.51. The molecule has 0 heterocycles. The van der Waals surface area contributed by atoms with E-state index in [4.69, 9.17) is 0 Å². The van der Waals surface area contributed by atoms with Crippen molar-refractivity contribution in [1.82, 2.24) is 0 Å². The SMILES string of the molecule is CCC1=CCC(=CC(C)C)CC1. The Bertz CT molecular complexity index is 194. The molecule has 0 amide bonds. The van der Waals surface area contributed by atoms with Gasteiger partial charge in [-0.1, -0.05) is 44.1 Å². The fourth-order valence-corrected chi connectivity index (χ4v) is 1.74. The van der Waals surface area contributed by atoms with Gasteiger partial charge in [-0.15, -0.1) is 0 Å². The van der Waals surface area contributed by atoms with Crippen molar-refractivity contribution in [3.05, 3.63) is 23.3 Å². The molecule has 0 aromatic carbocycles. The minimum Gasteiger partial charge on any atom is -0.0824 e. The summed E-state index contributed by atoms with van der Waals surface area (Å²) in [5.74, 6) is 0.719. The highest BCUT2D eigenvalue weighted by Gasteiger charge is 2.05. The second-order valence-corrected chi connectivity index (χ2v) is 3.99. The molecule has 1 rings (SSSR count). The van der Waals surface area contributed by atoms with Gasteiger partial charge in [0.1, 0.15) is 0 Å². The van der Waals surface area contributed by atoms with E-state index in [0.29, 0.717) is 0 Å². The van der Waals surface area contributed by atoms with Crippen LogP contribution in [-0.2, 0) is 0 Å². The summed E-state index contributed by atoms with van der Waals surface area (Å²) in [6.45, 7) is 6.76. The molecular weight excluding hydrogens is 144 g/mol. The lowest BCUT2D eigenvalue weighted by molar-refractivity contribution is 0.763. The largest absolute Gasteiger partial charge is 0.0824 e. The van der Waals surface area contributed by atoms with E-state index in [2.05, 4.69) is 32.9 Å². The van der Waals surface area contributed by atoms with Crippen molar-refractivity contribution >= 4 is 0 Å². The van der Waals surface area contributed by atoms with Crippen molar-refractivity contribution in [2.75, 3.05) is 0 Å². The molecule has 0 N–H and O–H groups in total. The summed E-state index contributed by atoms with van der Waals surface area (Å²) < 4.78 is 0. The fourth-order valence-electron chi connectivity index (χ4n) is 1.74. The molecule has 12 heavy (non-hydrogen) atoms. The first-order valence-corrected chi connectivity index (χ1v) is 5.09. The van der Waals surface area contributed by atoms with Crippen LogP contribution in [0, 0.1) is 5.92 Å². The van der Waals surface area contributed by atoms with E-state index < -0.39 is 0 Å². The first-order chi connectivity index (χ1) is 5.72. The van der Waals surface area contributed by atoms with Gasteiger partial charge >= 0.3 is 0 Å². The van der Waals surface area contributed by atoms with E-state index in [0.717, 1.165) is 5.92 Å². The third kappa shape index (κ3) is 2.84. The molecule has 0 aromatic heterocycles. The standard InChI is InChI=1S/C12H20/c1-4-11-5-7-12(8-6-11)9-10(2)3/h5,9-10H,4,6-8H2,1-3H3. The Morgan fingerprint density at radius 1 is 1.42 bits per heavy atom. The smallest absolute Gasteiger partial charge is 0.0136 e. The van der Waals surface area contributed by atoms with Crippen LogP contribution in [0.25, 0.3) is 0 Å². The van der Waals surface area contributed by atoms with E-state index in [9.17, 15) is 0 Å². The maximum absolute atomic E-state index is 2.42. The van der Waals surface area contributed by atoms with Crippen molar-refractivity contribution < 1.29 is 0 Å². The summed E-state index contributed by atoms with van der Waals surface area (Å²) in [4.78, 5) is 0. The third-order valence-electron chi connectivity index (χ3n) is 2.44. The van der Waals surface area contributed by atoms with Crippen molar-refractivity contribution in [2.24, 2.45) is 5.92 Å². The van der Waals surface area contributed by atoms with Gasteiger partial charge in [0.15, 0.2) is 0 Å². The second-order valence-electron chi connectivity index (χ2n) is 3.99. The lowest BCUT2D eigenvalue weighted by atomic mass is 9.91. The quantitative estimate of drug-likeness (QED) is 0.539. The van der Waals surface area contributed by atoms with Crippen LogP contribution in [0.2, 0.25) is 0 Å². The number of rotatable bonds is 2. The Labute approximate surface area is 76.4 Å². The summed E-state index contributed by atoms with van der Waals surface area (Å²) in [5, 5.41) is 0. The zero-order chi connectivity index (χ0) is 8.97. The Morgan fingerprint density at radius 3 is 2.58 bits per heavy atom. The van der Waals surface area contributed by atoms with Crippen LogP contribution >= 0.6 is 0 Å². The molecule has 0 radical (unpaired) electrons. The van der Waals surface area contributed by atoms with Crippen LogP contribution in [0.4, 0.5) is 0 Å². The topological polar surface area (TPSA) is 0 Å². The van der Waals surface area contributed by atoms with Gasteiger partial charge in [0, 0.05) is 0 Å². The molecule has 0 aromatic rings. The molecule has 68 valence electrons. The summed E-state index contributed by atoms with van der Waals surface area (Å²) in [6, 6.07) is 0. The van der Waals surface area contributed by atoms with E-state index in [-0.39, 0.29) is 0 Å². The molecule has 1 aliphatic rings. The number of hydrogen-bond acceptors (Lipinski definition) is 0. The van der Waals surface area contributed by atoms with Gasteiger partial charge in [-0.25, -0.2) is 0 Å². The van der Waals surface area contributed by atoms with Crippen LogP contribution in [0.1, 0.15) is 46.5 Å². The van der Waals surface area contributed by atoms with Crippen molar-refractivity contribution in [3.8, 4) is 0 Å². The van der Waals surface area contributed by atoms with Gasteiger partial charge in [-0.2, -0.15) is 0 Å². The lowest BCUT2D eigenvalue weighted by Gasteiger charge is -2.15. The van der Waals surface area contributed by atoms with E-state index in [1.807, 2.05) is 0 Å². The van der Waals surface area contributed by atoms with E-state index in [1.54, 1.807) is 11.1 Å². The zero-order valence-corrected chi connectivity index (χ0v) is 8.56. The summed E-state index contributed by atoms with van der Waals surface area (Å²) >= 11 is 0. The number of hydrogen-bond donors (Lipinski definition) is 0. The highest BCUT2D eigenvalue weighted by atomic mass is 14.1. The predicted octanol–water partition coefficient (Wildman–Crippen LogP) is 4.09. The summed E-state index contributed by atoms with van der Waals surface area (Å²) in [7, 11) is 0. The van der Waals surface area contributed by atoms with Gasteiger partial charge in [0.25, 0.3) is 0 Å². The van der Waals surface area contributed by atoms with E-state index >= 15 is 0 Å². The lowest BCUT2D eigenvalue weighted by Crippen LogP contribution is -1.96. The monoisotopic (exact) mass is 164 g/mol. The predicted molar refractivity (Wildman–Crippen MR) is 55.1 cm³/mol. The third-order valence-corrected chi connectivity index (χ3v) is 2.44. The first-order valence-electron chi connectivity index (χ1n) is 5.09. The molecule has 1 aliphatic carbocycles. The summed E-state index contributed by atoms with van der Waals surface area (Å²) in [5.41, 5.74) is 3.29. The molecule has 0 fully saturated rings. The molecule has 0 spiro atoms. The number of allylic oxidation sites excluding steroid dienone is 4. The van der Waals surface area contributed by atoms with Gasteiger partial charge in [0.05, 0.1) is 0 Å². The summed E-state index contributed by atoms with van der Waals surface area (Å²) in [6.07, 6.45) is 9.89. The van der Waals surface area contributed by atoms with Crippen LogP contribution in [0.15, 0.2) is 23.3 Å². The molecule has 0 saturated heterocycles. The molecule has 0 atom stereocenters. The van der Waals surface area contributed by atoms with Crippen LogP contribution in [-0.4, -0.2) is 0 Å². The second kappa shape index (κ2) is 4.49. The van der Waals surface area contributed by atoms with Crippen molar-refractivity contribution in [3.63, 3.8) is 0 Å². The Kier molecular flexibility index (Phi) is 3.58. The van der Waals surface area contributed by atoms with Gasteiger partial charge in [-0.3, -0.25) is 0 Å². The molecule has 0 unspecified atom stereocenters. The van der Waals surface area contributed by atoms with Crippen LogP contribution in [0.5, 0.6) is 0 Å². The Morgan fingerprint density at radius 2 is 2.17 bits per heavy atom. The minimum atomic E-state index is 0.719. The fraction of sp³-hybridized carbons (Fsp3) is 0.667. The molecule has 0 saturated carbocycles. The molecule has 0 heteroatoms. The maximum Gasteiger partial charge on any atom is -0.0136 e. The average Bonchev–Trinajstić information content (AvgIpc) is 2.05. The maximum atomic E-state index is 2.42. The molecular formula is C12H20. The molecule has 0 aliphatic heterocycles. The van der Waals surface area contributed by atoms with Gasteiger partial charge in [-0.05, 0) is 31.6 Å². The van der Waals surface area contributed by atoms with Gasteiger partial charge in [0.2, 0.25) is 0 Å². The average molecular weight is 164 g/mol. The highest BCUT2D eigenvalue weighted by Crippen LogP contribution is 2.25. The minimum absolute atomic E-state index is 0.719. The first kappa shape index (κ1) is 9.57. The van der Waals surface area contributed by atoms with Crippen LogP contribution < -0.4 is 0 Å². The van der Waals surface area contributed by atoms with Gasteiger partial charge < -0.3 is 0 Å². The van der Waals surface area contributed by atoms with Crippen LogP contribution in [0.3, 0.4) is 0 Å². The van der Waals surface area contributed by atoms with Crippen molar-refractivity contribution in [1.29, 1.82) is 0 Å². The normalized spacial score (nSPS) is 21.7. The Hall–Kier alpha value is -0.520. The highest BCUT2D eigenvalue weighted by molar-refractivity contribution is 5.19. The van der Waals surface area contributed by atoms with Crippen molar-refractivity contribution in [2.45, 2.75) is 46.5 Å². The molecule has 0 bridgehead atoms. The molecule has 0 nitrogen and oxygen atoms in total. The van der Waals surface area contributed by atoms with E-state index in [1.165, 1.54) is 25.7 Å². The zero-order valence-electron chi connectivity index (χ0n) is 8.56.